The zero-order valence-electron chi connectivity index (χ0n) is 18.0. The molecule has 6 heteroatoms. The predicted octanol–water partition coefficient (Wildman–Crippen LogP) is 4.98. The van der Waals surface area contributed by atoms with Gasteiger partial charge in [-0.1, -0.05) is 30.3 Å². The van der Waals surface area contributed by atoms with Crippen LogP contribution in [0.15, 0.2) is 78.9 Å². The fraction of sp³-hybridized carbons (Fsp3) is 0.231. The molecule has 0 bridgehead atoms. The molecule has 1 aliphatic rings. The molecule has 0 atom stereocenters. The summed E-state index contributed by atoms with van der Waals surface area (Å²) in [6.45, 7) is 1.09. The van der Waals surface area contributed by atoms with E-state index in [4.69, 9.17) is 9.47 Å². The standard InChI is InChI=1S/C26H26N2O4/c1-31-21-13-11-20(12-14-21)26(30)28-17-15-19(16-18-28)25(29)27-23-9-5-6-10-24(23)32-22-7-3-2-4-8-22/h2-14,19H,15-18H2,1H3,(H,27,29). The summed E-state index contributed by atoms with van der Waals surface area (Å²) in [6, 6.07) is 24.0. The van der Waals surface area contributed by atoms with E-state index in [1.807, 2.05) is 54.6 Å². The molecule has 0 saturated carbocycles. The van der Waals surface area contributed by atoms with Crippen LogP contribution in [0.1, 0.15) is 23.2 Å². The number of para-hydroxylation sites is 3. The van der Waals surface area contributed by atoms with E-state index in [-0.39, 0.29) is 17.7 Å². The quantitative estimate of drug-likeness (QED) is 0.599. The number of anilines is 1. The number of carbonyl (C=O) groups is 2. The van der Waals surface area contributed by atoms with Crippen molar-refractivity contribution in [3.8, 4) is 17.2 Å². The Labute approximate surface area is 187 Å². The molecule has 0 radical (unpaired) electrons. The third-order valence-electron chi connectivity index (χ3n) is 5.61. The minimum Gasteiger partial charge on any atom is -0.497 e. The van der Waals surface area contributed by atoms with Crippen LogP contribution in [0, 0.1) is 5.92 Å². The molecule has 0 aliphatic carbocycles. The predicted molar refractivity (Wildman–Crippen MR) is 123 cm³/mol. The minimum absolute atomic E-state index is 0.0203. The fourth-order valence-corrected chi connectivity index (χ4v) is 3.77. The van der Waals surface area contributed by atoms with Crippen molar-refractivity contribution < 1.29 is 19.1 Å². The Kier molecular flexibility index (Phi) is 6.70. The lowest BCUT2D eigenvalue weighted by molar-refractivity contribution is -0.121. The van der Waals surface area contributed by atoms with Crippen molar-refractivity contribution in [3.05, 3.63) is 84.4 Å². The van der Waals surface area contributed by atoms with Crippen LogP contribution in [-0.4, -0.2) is 36.9 Å². The molecule has 1 saturated heterocycles. The molecule has 0 spiro atoms. The molecule has 0 unspecified atom stereocenters. The van der Waals surface area contributed by atoms with E-state index in [0.717, 1.165) is 0 Å². The number of nitrogens with one attached hydrogen (secondary N) is 1. The lowest BCUT2D eigenvalue weighted by Gasteiger charge is -2.31. The van der Waals surface area contributed by atoms with Crippen LogP contribution in [-0.2, 0) is 4.79 Å². The molecule has 2 amide bonds. The van der Waals surface area contributed by atoms with Crippen molar-refractivity contribution in [1.82, 2.24) is 4.90 Å². The number of rotatable bonds is 6. The normalized spacial score (nSPS) is 14.0. The fourth-order valence-electron chi connectivity index (χ4n) is 3.77. The Hall–Kier alpha value is -3.80. The Bertz CT molecular complexity index is 1060. The third-order valence-corrected chi connectivity index (χ3v) is 5.61. The van der Waals surface area contributed by atoms with Crippen molar-refractivity contribution in [2.45, 2.75) is 12.8 Å². The lowest BCUT2D eigenvalue weighted by atomic mass is 9.95. The smallest absolute Gasteiger partial charge is 0.253 e. The average molecular weight is 431 g/mol. The van der Waals surface area contributed by atoms with Gasteiger partial charge in [-0.2, -0.15) is 0 Å². The molecular formula is C26H26N2O4. The molecule has 32 heavy (non-hydrogen) atoms. The molecule has 4 rings (SSSR count). The second-order valence-corrected chi connectivity index (χ2v) is 7.70. The topological polar surface area (TPSA) is 67.9 Å². The number of ether oxygens (including phenoxy) is 2. The third kappa shape index (κ3) is 5.09. The van der Waals surface area contributed by atoms with Crippen LogP contribution in [0.3, 0.4) is 0 Å². The molecule has 3 aromatic rings. The summed E-state index contributed by atoms with van der Waals surface area (Å²) >= 11 is 0. The molecule has 6 nitrogen and oxygen atoms in total. The number of benzene rings is 3. The summed E-state index contributed by atoms with van der Waals surface area (Å²) in [6.07, 6.45) is 1.24. The summed E-state index contributed by atoms with van der Waals surface area (Å²) in [4.78, 5) is 27.5. The van der Waals surface area contributed by atoms with E-state index in [1.165, 1.54) is 0 Å². The van der Waals surface area contributed by atoms with Gasteiger partial charge in [-0.15, -0.1) is 0 Å². The highest BCUT2D eigenvalue weighted by Gasteiger charge is 2.28. The maximum absolute atomic E-state index is 12.9. The Morgan fingerprint density at radius 3 is 2.19 bits per heavy atom. The van der Waals surface area contributed by atoms with Gasteiger partial charge in [0, 0.05) is 24.6 Å². The van der Waals surface area contributed by atoms with Gasteiger partial charge in [0.2, 0.25) is 5.91 Å². The van der Waals surface area contributed by atoms with Crippen LogP contribution in [0.25, 0.3) is 0 Å². The first-order chi connectivity index (χ1) is 15.6. The molecular weight excluding hydrogens is 404 g/mol. The van der Waals surface area contributed by atoms with Crippen molar-refractivity contribution in [3.63, 3.8) is 0 Å². The number of piperidine rings is 1. The Balaban J connectivity index is 1.34. The van der Waals surface area contributed by atoms with Gasteiger partial charge in [0.1, 0.15) is 11.5 Å². The zero-order valence-corrected chi connectivity index (χ0v) is 18.0. The second kappa shape index (κ2) is 10.0. The van der Waals surface area contributed by atoms with Gasteiger partial charge in [0.15, 0.2) is 5.75 Å². The van der Waals surface area contributed by atoms with Crippen molar-refractivity contribution in [2.24, 2.45) is 5.92 Å². The van der Waals surface area contributed by atoms with E-state index in [9.17, 15) is 9.59 Å². The summed E-state index contributed by atoms with van der Waals surface area (Å²) in [5.41, 5.74) is 1.26. The maximum Gasteiger partial charge on any atom is 0.253 e. The first-order valence-electron chi connectivity index (χ1n) is 10.7. The van der Waals surface area contributed by atoms with E-state index in [1.54, 1.807) is 36.3 Å². The highest BCUT2D eigenvalue weighted by Crippen LogP contribution is 2.30. The van der Waals surface area contributed by atoms with Gasteiger partial charge in [0.25, 0.3) is 5.91 Å². The minimum atomic E-state index is -0.153. The van der Waals surface area contributed by atoms with E-state index in [0.29, 0.717) is 54.4 Å². The van der Waals surface area contributed by atoms with E-state index >= 15 is 0 Å². The van der Waals surface area contributed by atoms with Crippen molar-refractivity contribution in [2.75, 3.05) is 25.5 Å². The van der Waals surface area contributed by atoms with Crippen LogP contribution in [0.2, 0.25) is 0 Å². The van der Waals surface area contributed by atoms with Crippen molar-refractivity contribution >= 4 is 17.5 Å². The SMILES string of the molecule is COc1ccc(C(=O)N2CCC(C(=O)Nc3ccccc3Oc3ccccc3)CC2)cc1. The van der Waals surface area contributed by atoms with E-state index < -0.39 is 0 Å². The maximum atomic E-state index is 12.9. The highest BCUT2D eigenvalue weighted by atomic mass is 16.5. The van der Waals surface area contributed by atoms with Crippen LogP contribution >= 0.6 is 0 Å². The Morgan fingerprint density at radius 1 is 0.844 bits per heavy atom. The highest BCUT2D eigenvalue weighted by molar-refractivity contribution is 5.96. The molecule has 0 aromatic heterocycles. The summed E-state index contributed by atoms with van der Waals surface area (Å²) in [5, 5.41) is 3.01. The van der Waals surface area contributed by atoms with Gasteiger partial charge >= 0.3 is 0 Å². The summed E-state index contributed by atoms with van der Waals surface area (Å²) in [7, 11) is 1.60. The number of nitrogens with zero attached hydrogens (tertiary/aromatic N) is 1. The van der Waals surface area contributed by atoms with Gasteiger partial charge in [-0.05, 0) is 61.4 Å². The lowest BCUT2D eigenvalue weighted by Crippen LogP contribution is -2.41. The number of amides is 2. The average Bonchev–Trinajstić information content (AvgIpc) is 2.85. The van der Waals surface area contributed by atoms with Crippen LogP contribution < -0.4 is 14.8 Å². The van der Waals surface area contributed by atoms with Crippen LogP contribution in [0.5, 0.6) is 17.2 Å². The number of carbonyl (C=O) groups excluding carboxylic acids is 2. The van der Waals surface area contributed by atoms with Gasteiger partial charge in [-0.3, -0.25) is 9.59 Å². The molecule has 1 aliphatic heterocycles. The first-order valence-corrected chi connectivity index (χ1v) is 10.7. The molecule has 1 heterocycles. The molecule has 3 aromatic carbocycles. The monoisotopic (exact) mass is 430 g/mol. The zero-order chi connectivity index (χ0) is 22.3. The van der Waals surface area contributed by atoms with Gasteiger partial charge in [0.05, 0.1) is 12.8 Å². The van der Waals surface area contributed by atoms with Gasteiger partial charge < -0.3 is 19.7 Å². The Morgan fingerprint density at radius 2 is 1.50 bits per heavy atom. The van der Waals surface area contributed by atoms with Crippen molar-refractivity contribution in [1.29, 1.82) is 0 Å². The molecule has 1 fully saturated rings. The first kappa shape index (κ1) is 21.4. The molecule has 164 valence electrons. The molecule has 1 N–H and O–H groups in total. The number of hydrogen-bond donors (Lipinski definition) is 1. The summed E-state index contributed by atoms with van der Waals surface area (Å²) in [5.74, 6) is 1.80. The number of hydrogen-bond acceptors (Lipinski definition) is 4. The van der Waals surface area contributed by atoms with Gasteiger partial charge in [-0.25, -0.2) is 0 Å². The van der Waals surface area contributed by atoms with E-state index in [2.05, 4.69) is 5.32 Å². The largest absolute Gasteiger partial charge is 0.497 e. The number of likely N-dealkylation sites (tertiary alicyclic amines) is 1. The summed E-state index contributed by atoms with van der Waals surface area (Å²) < 4.78 is 11.1. The second-order valence-electron chi connectivity index (χ2n) is 7.70. The van der Waals surface area contributed by atoms with Crippen LogP contribution in [0.4, 0.5) is 5.69 Å². The number of methoxy groups -OCH3 is 1.